The predicted molar refractivity (Wildman–Crippen MR) is 40.6 cm³/mol. The molecule has 0 amide bonds. The van der Waals surface area contributed by atoms with E-state index in [0.717, 1.165) is 12.1 Å². The fraction of sp³-hybridized carbons (Fsp3) is 0.143. The van der Waals surface area contributed by atoms with Gasteiger partial charge in [-0.15, -0.1) is 13.2 Å². The fourth-order valence-corrected chi connectivity index (χ4v) is 0.922. The Bertz CT molecular complexity index is 386. The lowest BCUT2D eigenvalue weighted by atomic mass is 10.3. The van der Waals surface area contributed by atoms with Crippen LogP contribution in [-0.2, 0) is 0 Å². The first-order chi connectivity index (χ1) is 6.40. The van der Waals surface area contributed by atoms with Gasteiger partial charge in [0.2, 0.25) is 0 Å². The first-order valence-corrected chi connectivity index (χ1v) is 3.62. The lowest BCUT2D eigenvalue weighted by molar-refractivity contribution is -0.274. The maximum atomic E-state index is 11.7. The minimum atomic E-state index is -4.81. The Morgan fingerprint density at radius 3 is 2.57 bits per heavy atom. The number of pyridine rings is 1. The molecule has 0 fully saturated rings. The van der Waals surface area contributed by atoms with Crippen molar-refractivity contribution in [2.75, 3.05) is 0 Å². The van der Waals surface area contributed by atoms with Gasteiger partial charge in [-0.1, -0.05) is 11.6 Å². The van der Waals surface area contributed by atoms with Gasteiger partial charge in [0.05, 0.1) is 0 Å². The molecule has 74 valence electrons. The van der Waals surface area contributed by atoms with Gasteiger partial charge in [-0.05, 0) is 0 Å². The molecule has 0 aliphatic heterocycles. The third-order valence-electron chi connectivity index (χ3n) is 1.12. The molecule has 3 nitrogen and oxygen atoms in total. The number of ether oxygens (including phenoxy) is 1. The predicted octanol–water partition coefficient (Wildman–Crippen LogP) is 2.51. The summed E-state index contributed by atoms with van der Waals surface area (Å²) in [6.45, 7) is 0. The van der Waals surface area contributed by atoms with Crippen molar-refractivity contribution in [3.05, 3.63) is 23.0 Å². The Labute approximate surface area is 81.7 Å². The van der Waals surface area contributed by atoms with Gasteiger partial charge in [-0.2, -0.15) is 5.26 Å². The highest BCUT2D eigenvalue weighted by Crippen LogP contribution is 2.24. The van der Waals surface area contributed by atoms with Crippen LogP contribution in [0.2, 0.25) is 5.15 Å². The lowest BCUT2D eigenvalue weighted by Crippen LogP contribution is -2.17. The van der Waals surface area contributed by atoms with Crippen LogP contribution in [0.1, 0.15) is 5.69 Å². The molecular weight excluding hydrogens is 221 g/mol. The number of hydrogen-bond donors (Lipinski definition) is 0. The topological polar surface area (TPSA) is 45.9 Å². The third kappa shape index (κ3) is 3.11. The summed E-state index contributed by atoms with van der Waals surface area (Å²) in [5, 5.41) is 8.14. The summed E-state index contributed by atoms with van der Waals surface area (Å²) in [5.41, 5.74) is -0.239. The molecule has 0 atom stereocenters. The molecule has 0 saturated heterocycles. The van der Waals surface area contributed by atoms with Crippen LogP contribution < -0.4 is 4.74 Å². The Kier molecular flexibility index (Phi) is 2.81. The number of halogens is 4. The van der Waals surface area contributed by atoms with Gasteiger partial charge in [0.15, 0.2) is 0 Å². The van der Waals surface area contributed by atoms with E-state index >= 15 is 0 Å². The van der Waals surface area contributed by atoms with Crippen LogP contribution in [0.25, 0.3) is 0 Å². The van der Waals surface area contributed by atoms with Crippen molar-refractivity contribution >= 4 is 11.6 Å². The summed E-state index contributed by atoms with van der Waals surface area (Å²) in [6.07, 6.45) is -4.81. The molecule has 0 radical (unpaired) electrons. The Morgan fingerprint density at radius 1 is 1.43 bits per heavy atom. The van der Waals surface area contributed by atoms with Crippen LogP contribution in [0, 0.1) is 11.3 Å². The van der Waals surface area contributed by atoms with Gasteiger partial charge >= 0.3 is 6.36 Å². The zero-order valence-electron chi connectivity index (χ0n) is 6.47. The summed E-state index contributed by atoms with van der Waals surface area (Å²) in [6, 6.07) is 3.27. The second-order valence-corrected chi connectivity index (χ2v) is 2.56. The van der Waals surface area contributed by atoms with Crippen molar-refractivity contribution in [1.29, 1.82) is 5.26 Å². The van der Waals surface area contributed by atoms with Gasteiger partial charge in [-0.25, -0.2) is 4.98 Å². The lowest BCUT2D eigenvalue weighted by Gasteiger charge is -2.08. The molecule has 0 aromatic carbocycles. The normalized spacial score (nSPS) is 10.8. The van der Waals surface area contributed by atoms with Gasteiger partial charge in [0.1, 0.15) is 22.7 Å². The highest BCUT2D eigenvalue weighted by Gasteiger charge is 2.31. The van der Waals surface area contributed by atoms with Crippen molar-refractivity contribution in [1.82, 2.24) is 4.98 Å². The summed E-state index contributed by atoms with van der Waals surface area (Å²) in [4.78, 5) is 3.44. The largest absolute Gasteiger partial charge is 0.573 e. The molecule has 0 unspecified atom stereocenters. The van der Waals surface area contributed by atoms with Crippen molar-refractivity contribution in [3.63, 3.8) is 0 Å². The minimum Gasteiger partial charge on any atom is -0.406 e. The van der Waals surface area contributed by atoms with Crippen molar-refractivity contribution < 1.29 is 17.9 Å². The van der Waals surface area contributed by atoms with E-state index in [1.807, 2.05) is 0 Å². The van der Waals surface area contributed by atoms with Crippen LogP contribution in [-0.4, -0.2) is 11.3 Å². The maximum absolute atomic E-state index is 11.7. The monoisotopic (exact) mass is 222 g/mol. The molecule has 0 aliphatic rings. The van der Waals surface area contributed by atoms with Crippen LogP contribution in [0.15, 0.2) is 12.1 Å². The summed E-state index contributed by atoms with van der Waals surface area (Å²) >= 11 is 5.35. The number of aromatic nitrogens is 1. The highest BCUT2D eigenvalue weighted by atomic mass is 35.5. The number of nitrogens with zero attached hydrogens (tertiary/aromatic N) is 2. The zero-order chi connectivity index (χ0) is 10.8. The number of alkyl halides is 3. The Balaban J connectivity index is 3.00. The van der Waals surface area contributed by atoms with Gasteiger partial charge in [0.25, 0.3) is 0 Å². The second kappa shape index (κ2) is 3.72. The van der Waals surface area contributed by atoms with Crippen molar-refractivity contribution in [2.24, 2.45) is 0 Å². The molecule has 0 spiro atoms. The van der Waals surface area contributed by atoms with E-state index in [2.05, 4.69) is 9.72 Å². The molecule has 1 aromatic rings. The minimum absolute atomic E-state index is 0.233. The van der Waals surface area contributed by atoms with Crippen molar-refractivity contribution in [2.45, 2.75) is 6.36 Å². The van der Waals surface area contributed by atoms with E-state index in [9.17, 15) is 13.2 Å². The number of nitriles is 1. The van der Waals surface area contributed by atoms with Crippen LogP contribution >= 0.6 is 11.6 Å². The van der Waals surface area contributed by atoms with E-state index in [0.29, 0.717) is 0 Å². The molecule has 0 aliphatic carbocycles. The molecular formula is C7H2ClF3N2O. The SMILES string of the molecule is N#Cc1cc(OC(F)(F)F)cc(Cl)n1. The van der Waals surface area contributed by atoms with E-state index in [-0.39, 0.29) is 10.8 Å². The molecule has 0 bridgehead atoms. The molecule has 7 heteroatoms. The fourth-order valence-electron chi connectivity index (χ4n) is 0.723. The standard InChI is InChI=1S/C7H2ClF3N2O/c8-6-2-5(14-7(9,10)11)1-4(3-12)13-6/h1-2H. The van der Waals surface area contributed by atoms with Crippen LogP contribution in [0.3, 0.4) is 0 Å². The maximum Gasteiger partial charge on any atom is 0.573 e. The van der Waals surface area contributed by atoms with Crippen molar-refractivity contribution in [3.8, 4) is 11.8 Å². The summed E-state index contributed by atoms with van der Waals surface area (Å²) < 4.78 is 38.8. The van der Waals surface area contributed by atoms with E-state index in [1.165, 1.54) is 0 Å². The molecule has 0 saturated carbocycles. The van der Waals surface area contributed by atoms with Crippen LogP contribution in [0.4, 0.5) is 13.2 Å². The van der Waals surface area contributed by atoms with E-state index < -0.39 is 12.1 Å². The summed E-state index contributed by atoms with van der Waals surface area (Å²) in [5.74, 6) is -0.561. The first-order valence-electron chi connectivity index (χ1n) is 3.24. The van der Waals surface area contributed by atoms with Gasteiger partial charge in [0, 0.05) is 12.1 Å². The number of rotatable bonds is 1. The summed E-state index contributed by atoms with van der Waals surface area (Å²) in [7, 11) is 0. The Morgan fingerprint density at radius 2 is 2.07 bits per heavy atom. The molecule has 1 aromatic heterocycles. The van der Waals surface area contributed by atoms with Gasteiger partial charge in [-0.3, -0.25) is 0 Å². The average molecular weight is 223 g/mol. The third-order valence-corrected chi connectivity index (χ3v) is 1.31. The molecule has 14 heavy (non-hydrogen) atoms. The average Bonchev–Trinajstić information content (AvgIpc) is 1.99. The van der Waals surface area contributed by atoms with Gasteiger partial charge < -0.3 is 4.74 Å². The molecule has 1 heterocycles. The molecule has 0 N–H and O–H groups in total. The first kappa shape index (κ1) is 10.6. The Hall–Kier alpha value is -1.48. The number of hydrogen-bond acceptors (Lipinski definition) is 3. The molecule has 1 rings (SSSR count). The quantitative estimate of drug-likeness (QED) is 0.686. The smallest absolute Gasteiger partial charge is 0.406 e. The van der Waals surface area contributed by atoms with E-state index in [4.69, 9.17) is 16.9 Å². The second-order valence-electron chi connectivity index (χ2n) is 2.17. The van der Waals surface area contributed by atoms with Crippen LogP contribution in [0.5, 0.6) is 5.75 Å². The van der Waals surface area contributed by atoms with E-state index in [1.54, 1.807) is 6.07 Å². The highest BCUT2D eigenvalue weighted by molar-refractivity contribution is 6.29. The zero-order valence-corrected chi connectivity index (χ0v) is 7.23.